The molecule has 1 aromatic rings. The average molecular weight is 252 g/mol. The van der Waals surface area contributed by atoms with Crippen LogP contribution in [0.15, 0.2) is 18.2 Å². The van der Waals surface area contributed by atoms with Gasteiger partial charge in [-0.25, -0.2) is 0 Å². The van der Waals surface area contributed by atoms with Crippen molar-refractivity contribution in [2.24, 2.45) is 0 Å². The molecular weight excluding hydrogens is 236 g/mol. The highest BCUT2D eigenvalue weighted by Crippen LogP contribution is 2.30. The Kier molecular flexibility index (Phi) is 4.55. The van der Waals surface area contributed by atoms with Crippen LogP contribution in [0.3, 0.4) is 0 Å². The van der Waals surface area contributed by atoms with Crippen molar-refractivity contribution in [3.05, 3.63) is 23.8 Å². The van der Waals surface area contributed by atoms with Gasteiger partial charge < -0.3 is 18.9 Å². The molecule has 0 radical (unpaired) electrons. The van der Waals surface area contributed by atoms with Gasteiger partial charge in [0.25, 0.3) is 0 Å². The number of para-hydroxylation sites is 1. The van der Waals surface area contributed by atoms with Gasteiger partial charge in [-0.2, -0.15) is 0 Å². The SMILES string of the molecule is COc1cccc(C=O)c1OCCC1OCCO1. The van der Waals surface area contributed by atoms with Crippen molar-refractivity contribution in [1.82, 2.24) is 0 Å². The Morgan fingerprint density at radius 1 is 1.39 bits per heavy atom. The van der Waals surface area contributed by atoms with Crippen LogP contribution in [0, 0.1) is 0 Å². The van der Waals surface area contributed by atoms with Crippen molar-refractivity contribution < 1.29 is 23.7 Å². The highest BCUT2D eigenvalue weighted by Gasteiger charge is 2.16. The summed E-state index contributed by atoms with van der Waals surface area (Å²) >= 11 is 0. The number of methoxy groups -OCH3 is 1. The summed E-state index contributed by atoms with van der Waals surface area (Å²) in [6.45, 7) is 1.66. The lowest BCUT2D eigenvalue weighted by molar-refractivity contribution is -0.0532. The van der Waals surface area contributed by atoms with Crippen molar-refractivity contribution in [3.8, 4) is 11.5 Å². The number of hydrogen-bond acceptors (Lipinski definition) is 5. The van der Waals surface area contributed by atoms with Gasteiger partial charge >= 0.3 is 0 Å². The maximum Gasteiger partial charge on any atom is 0.171 e. The zero-order chi connectivity index (χ0) is 12.8. The number of ether oxygens (including phenoxy) is 4. The number of carbonyl (C=O) groups is 1. The molecule has 5 nitrogen and oxygen atoms in total. The van der Waals surface area contributed by atoms with E-state index in [1.807, 2.05) is 0 Å². The summed E-state index contributed by atoms with van der Waals surface area (Å²) in [7, 11) is 1.54. The number of rotatable bonds is 6. The minimum atomic E-state index is -0.209. The molecule has 0 unspecified atom stereocenters. The molecule has 1 heterocycles. The molecule has 1 fully saturated rings. The van der Waals surface area contributed by atoms with Gasteiger partial charge in [-0.15, -0.1) is 0 Å². The molecule has 0 N–H and O–H groups in total. The lowest BCUT2D eigenvalue weighted by atomic mass is 10.2. The van der Waals surface area contributed by atoms with E-state index >= 15 is 0 Å². The predicted molar refractivity (Wildman–Crippen MR) is 64.2 cm³/mol. The molecule has 0 aliphatic carbocycles. The average Bonchev–Trinajstić information content (AvgIpc) is 2.92. The predicted octanol–water partition coefficient (Wildman–Crippen LogP) is 1.65. The maximum atomic E-state index is 10.9. The van der Waals surface area contributed by atoms with Crippen molar-refractivity contribution in [2.45, 2.75) is 12.7 Å². The Morgan fingerprint density at radius 3 is 2.83 bits per heavy atom. The molecule has 5 heteroatoms. The van der Waals surface area contributed by atoms with Crippen LogP contribution >= 0.6 is 0 Å². The summed E-state index contributed by atoms with van der Waals surface area (Å²) in [5.74, 6) is 1.01. The second-order valence-electron chi connectivity index (χ2n) is 3.80. The third kappa shape index (κ3) is 3.00. The number of hydrogen-bond donors (Lipinski definition) is 0. The molecule has 1 aromatic carbocycles. The second kappa shape index (κ2) is 6.37. The van der Waals surface area contributed by atoms with Gasteiger partial charge in [-0.3, -0.25) is 4.79 Å². The van der Waals surface area contributed by atoms with Crippen LogP contribution in [0.1, 0.15) is 16.8 Å². The van der Waals surface area contributed by atoms with Crippen LogP contribution in [0.5, 0.6) is 11.5 Å². The lowest BCUT2D eigenvalue weighted by Crippen LogP contribution is -2.13. The fraction of sp³-hybridized carbons (Fsp3) is 0.462. The Hall–Kier alpha value is -1.59. The molecule has 1 saturated heterocycles. The van der Waals surface area contributed by atoms with Crippen molar-refractivity contribution >= 4 is 6.29 Å². The van der Waals surface area contributed by atoms with E-state index in [0.29, 0.717) is 43.3 Å². The highest BCUT2D eigenvalue weighted by molar-refractivity contribution is 5.81. The minimum Gasteiger partial charge on any atom is -0.493 e. The largest absolute Gasteiger partial charge is 0.493 e. The van der Waals surface area contributed by atoms with Crippen molar-refractivity contribution in [2.75, 3.05) is 26.9 Å². The molecular formula is C13H16O5. The van der Waals surface area contributed by atoms with E-state index in [0.717, 1.165) is 6.29 Å². The van der Waals surface area contributed by atoms with E-state index < -0.39 is 0 Å². The van der Waals surface area contributed by atoms with E-state index in [-0.39, 0.29) is 6.29 Å². The molecule has 0 bridgehead atoms. The zero-order valence-electron chi connectivity index (χ0n) is 10.3. The summed E-state index contributed by atoms with van der Waals surface area (Å²) < 4.78 is 21.4. The molecule has 0 saturated carbocycles. The lowest BCUT2D eigenvalue weighted by Gasteiger charge is -2.14. The van der Waals surface area contributed by atoms with Crippen LogP contribution in [0.4, 0.5) is 0 Å². The van der Waals surface area contributed by atoms with Crippen molar-refractivity contribution in [1.29, 1.82) is 0 Å². The molecule has 18 heavy (non-hydrogen) atoms. The van der Waals surface area contributed by atoms with Crippen LogP contribution < -0.4 is 9.47 Å². The van der Waals surface area contributed by atoms with E-state index in [9.17, 15) is 4.79 Å². The first-order chi connectivity index (χ1) is 8.85. The topological polar surface area (TPSA) is 54.0 Å². The van der Waals surface area contributed by atoms with E-state index in [1.165, 1.54) is 0 Å². The number of benzene rings is 1. The van der Waals surface area contributed by atoms with Crippen LogP contribution in [-0.2, 0) is 9.47 Å². The fourth-order valence-corrected chi connectivity index (χ4v) is 1.77. The maximum absolute atomic E-state index is 10.9. The monoisotopic (exact) mass is 252 g/mol. The number of carbonyl (C=O) groups excluding carboxylic acids is 1. The summed E-state index contributed by atoms with van der Waals surface area (Å²) in [6, 6.07) is 5.19. The van der Waals surface area contributed by atoms with E-state index in [4.69, 9.17) is 18.9 Å². The molecule has 98 valence electrons. The summed E-state index contributed by atoms with van der Waals surface area (Å²) in [4.78, 5) is 10.9. The van der Waals surface area contributed by atoms with Crippen molar-refractivity contribution in [3.63, 3.8) is 0 Å². The summed E-state index contributed by atoms with van der Waals surface area (Å²) in [6.07, 6.45) is 1.16. The van der Waals surface area contributed by atoms with Crippen LogP contribution in [-0.4, -0.2) is 39.5 Å². The van der Waals surface area contributed by atoms with Crippen LogP contribution in [0.25, 0.3) is 0 Å². The van der Waals surface area contributed by atoms with Gasteiger partial charge in [0.1, 0.15) is 0 Å². The van der Waals surface area contributed by atoms with Gasteiger partial charge in [0.2, 0.25) is 0 Å². The zero-order valence-corrected chi connectivity index (χ0v) is 10.3. The molecule has 2 rings (SSSR count). The first-order valence-corrected chi connectivity index (χ1v) is 5.83. The first-order valence-electron chi connectivity index (χ1n) is 5.83. The normalized spacial score (nSPS) is 15.6. The first kappa shape index (κ1) is 12.9. The number of aldehydes is 1. The molecule has 0 amide bonds. The van der Waals surface area contributed by atoms with Gasteiger partial charge in [0.05, 0.1) is 32.5 Å². The molecule has 1 aliphatic rings. The van der Waals surface area contributed by atoms with Gasteiger partial charge in [0, 0.05) is 6.42 Å². The Bertz CT molecular complexity index is 398. The fourth-order valence-electron chi connectivity index (χ4n) is 1.77. The summed E-state index contributed by atoms with van der Waals surface area (Å²) in [5, 5.41) is 0. The third-order valence-electron chi connectivity index (χ3n) is 2.65. The molecule has 0 spiro atoms. The quantitative estimate of drug-likeness (QED) is 0.720. The Labute approximate surface area is 106 Å². The minimum absolute atomic E-state index is 0.209. The highest BCUT2D eigenvalue weighted by atomic mass is 16.7. The van der Waals surface area contributed by atoms with E-state index in [2.05, 4.69) is 0 Å². The van der Waals surface area contributed by atoms with Crippen LogP contribution in [0.2, 0.25) is 0 Å². The summed E-state index contributed by atoms with van der Waals surface area (Å²) in [5.41, 5.74) is 0.475. The smallest absolute Gasteiger partial charge is 0.171 e. The molecule has 0 aromatic heterocycles. The van der Waals surface area contributed by atoms with Gasteiger partial charge in [-0.05, 0) is 12.1 Å². The standard InChI is InChI=1S/C13H16O5/c1-15-11-4-2-3-10(9-14)13(11)18-6-5-12-16-7-8-17-12/h2-4,9,12H,5-8H2,1H3. The Morgan fingerprint density at radius 2 is 2.17 bits per heavy atom. The second-order valence-corrected chi connectivity index (χ2v) is 3.80. The Balaban J connectivity index is 1.96. The molecule has 1 aliphatic heterocycles. The van der Waals surface area contributed by atoms with Gasteiger partial charge in [-0.1, -0.05) is 6.07 Å². The third-order valence-corrected chi connectivity index (χ3v) is 2.65. The molecule has 0 atom stereocenters. The van der Waals surface area contributed by atoms with E-state index in [1.54, 1.807) is 25.3 Å². The van der Waals surface area contributed by atoms with Gasteiger partial charge in [0.15, 0.2) is 24.1 Å².